The normalized spacial score (nSPS) is 16.4. The van der Waals surface area contributed by atoms with Crippen LogP contribution in [0.25, 0.3) is 0 Å². The minimum absolute atomic E-state index is 0.219. The van der Waals surface area contributed by atoms with Crippen molar-refractivity contribution in [3.8, 4) is 11.9 Å². The summed E-state index contributed by atoms with van der Waals surface area (Å²) >= 11 is 0. The van der Waals surface area contributed by atoms with Gasteiger partial charge in [-0.1, -0.05) is 6.07 Å². The minimum Gasteiger partial charge on any atom is -0.474 e. The zero-order chi connectivity index (χ0) is 15.4. The number of pyridine rings is 1. The summed E-state index contributed by atoms with van der Waals surface area (Å²) in [6.45, 7) is 4.63. The average molecular weight is 297 g/mol. The first-order chi connectivity index (χ1) is 10.7. The summed E-state index contributed by atoms with van der Waals surface area (Å²) in [5.74, 6) is 1.93. The molecule has 0 atom stereocenters. The predicted octanol–water partition coefficient (Wildman–Crippen LogP) is 2.90. The second kappa shape index (κ2) is 6.63. The van der Waals surface area contributed by atoms with Crippen molar-refractivity contribution >= 4 is 0 Å². The van der Waals surface area contributed by atoms with Gasteiger partial charge in [0, 0.05) is 24.8 Å². The summed E-state index contributed by atoms with van der Waals surface area (Å²) in [5, 5.41) is 8.77. The number of hydrogen-bond donors (Lipinski definition) is 0. The Morgan fingerprint density at radius 3 is 2.82 bits per heavy atom. The zero-order valence-corrected chi connectivity index (χ0v) is 12.7. The van der Waals surface area contributed by atoms with Crippen LogP contribution in [-0.2, 0) is 6.54 Å². The smallest absolute Gasteiger partial charge is 0.213 e. The van der Waals surface area contributed by atoms with Gasteiger partial charge >= 0.3 is 0 Å². The molecule has 3 rings (SSSR count). The Balaban J connectivity index is 1.49. The molecule has 114 valence electrons. The van der Waals surface area contributed by atoms with Crippen molar-refractivity contribution in [2.75, 3.05) is 13.1 Å². The van der Waals surface area contributed by atoms with E-state index in [1.54, 1.807) is 6.07 Å². The minimum atomic E-state index is 0.219. The van der Waals surface area contributed by atoms with E-state index in [1.165, 1.54) is 0 Å². The largest absolute Gasteiger partial charge is 0.474 e. The summed E-state index contributed by atoms with van der Waals surface area (Å²) in [4.78, 5) is 6.71. The molecule has 0 amide bonds. The van der Waals surface area contributed by atoms with E-state index in [1.807, 2.05) is 37.3 Å². The van der Waals surface area contributed by atoms with Crippen LogP contribution in [0.1, 0.15) is 30.1 Å². The average Bonchev–Trinajstić information content (AvgIpc) is 2.97. The van der Waals surface area contributed by atoms with Crippen LogP contribution in [0.5, 0.6) is 5.88 Å². The molecular weight excluding hydrogens is 278 g/mol. The molecule has 5 heteroatoms. The monoisotopic (exact) mass is 297 g/mol. The van der Waals surface area contributed by atoms with E-state index < -0.39 is 0 Å². The number of hydrogen-bond acceptors (Lipinski definition) is 5. The second-order valence-electron chi connectivity index (χ2n) is 5.59. The number of nitrogens with zero attached hydrogens (tertiary/aromatic N) is 3. The van der Waals surface area contributed by atoms with Gasteiger partial charge in [0.2, 0.25) is 11.6 Å². The van der Waals surface area contributed by atoms with Gasteiger partial charge in [-0.05, 0) is 38.0 Å². The SMILES string of the molecule is Cc1cccc(OC2CCN(Cc3ccc(C#N)o3)CC2)n1. The molecule has 0 aliphatic carbocycles. The molecule has 5 nitrogen and oxygen atoms in total. The fourth-order valence-corrected chi connectivity index (χ4v) is 2.68. The molecule has 0 saturated carbocycles. The predicted molar refractivity (Wildman–Crippen MR) is 81.3 cm³/mol. The first-order valence-electron chi connectivity index (χ1n) is 7.54. The third-order valence-electron chi connectivity index (χ3n) is 3.84. The second-order valence-corrected chi connectivity index (χ2v) is 5.59. The van der Waals surface area contributed by atoms with Crippen molar-refractivity contribution < 1.29 is 9.15 Å². The van der Waals surface area contributed by atoms with Crippen LogP contribution in [-0.4, -0.2) is 29.1 Å². The molecule has 2 aromatic rings. The standard InChI is InChI=1S/C17H19N3O2/c1-13-3-2-4-17(19-13)22-14-7-9-20(10-8-14)12-16-6-5-15(11-18)21-16/h2-6,14H,7-10,12H2,1H3. The summed E-state index contributed by atoms with van der Waals surface area (Å²) in [6, 6.07) is 11.4. The van der Waals surface area contributed by atoms with E-state index >= 15 is 0 Å². The third kappa shape index (κ3) is 3.66. The maximum absolute atomic E-state index is 8.77. The fourth-order valence-electron chi connectivity index (χ4n) is 2.68. The summed E-state index contributed by atoms with van der Waals surface area (Å²) in [7, 11) is 0. The van der Waals surface area contributed by atoms with Crippen molar-refractivity contribution in [3.05, 3.63) is 47.5 Å². The molecular formula is C17H19N3O2. The van der Waals surface area contributed by atoms with Gasteiger partial charge in [-0.25, -0.2) is 4.98 Å². The van der Waals surface area contributed by atoms with Crippen LogP contribution in [0.2, 0.25) is 0 Å². The Labute approximate surface area is 130 Å². The van der Waals surface area contributed by atoms with Gasteiger partial charge in [0.1, 0.15) is 17.9 Å². The Morgan fingerprint density at radius 1 is 1.32 bits per heavy atom. The highest BCUT2D eigenvalue weighted by Gasteiger charge is 2.21. The zero-order valence-electron chi connectivity index (χ0n) is 12.7. The quantitative estimate of drug-likeness (QED) is 0.868. The van der Waals surface area contributed by atoms with Crippen molar-refractivity contribution in [2.24, 2.45) is 0 Å². The van der Waals surface area contributed by atoms with Gasteiger partial charge in [0.25, 0.3) is 0 Å². The first-order valence-corrected chi connectivity index (χ1v) is 7.54. The number of aryl methyl sites for hydroxylation is 1. The van der Waals surface area contributed by atoms with Crippen molar-refractivity contribution in [1.29, 1.82) is 5.26 Å². The number of rotatable bonds is 4. The number of furan rings is 1. The van der Waals surface area contributed by atoms with Gasteiger partial charge in [-0.2, -0.15) is 5.26 Å². The van der Waals surface area contributed by atoms with Gasteiger partial charge in [-0.15, -0.1) is 0 Å². The number of piperidine rings is 1. The Kier molecular flexibility index (Phi) is 4.40. The van der Waals surface area contributed by atoms with Gasteiger partial charge in [0.15, 0.2) is 0 Å². The van der Waals surface area contributed by atoms with Crippen molar-refractivity contribution in [3.63, 3.8) is 0 Å². The summed E-state index contributed by atoms with van der Waals surface area (Å²) < 4.78 is 11.4. The van der Waals surface area contributed by atoms with Gasteiger partial charge in [-0.3, -0.25) is 4.90 Å². The highest BCUT2D eigenvalue weighted by Crippen LogP contribution is 2.19. The van der Waals surface area contributed by atoms with Crippen LogP contribution in [0.15, 0.2) is 34.7 Å². The molecule has 1 aliphatic heterocycles. The topological polar surface area (TPSA) is 62.3 Å². The molecule has 22 heavy (non-hydrogen) atoms. The van der Waals surface area contributed by atoms with Gasteiger partial charge < -0.3 is 9.15 Å². The molecule has 0 aromatic carbocycles. The maximum Gasteiger partial charge on any atom is 0.213 e. The lowest BCUT2D eigenvalue weighted by molar-refractivity contribution is 0.0893. The fraction of sp³-hybridized carbons (Fsp3) is 0.412. The molecule has 0 bridgehead atoms. The van der Waals surface area contributed by atoms with Crippen molar-refractivity contribution in [2.45, 2.75) is 32.4 Å². The highest BCUT2D eigenvalue weighted by atomic mass is 16.5. The third-order valence-corrected chi connectivity index (χ3v) is 3.84. The van der Waals surface area contributed by atoms with E-state index in [-0.39, 0.29) is 6.10 Å². The number of likely N-dealkylation sites (tertiary alicyclic amines) is 1. The van der Waals surface area contributed by atoms with Crippen LogP contribution < -0.4 is 4.74 Å². The lowest BCUT2D eigenvalue weighted by atomic mass is 10.1. The van der Waals surface area contributed by atoms with Crippen LogP contribution in [0, 0.1) is 18.3 Å². The van der Waals surface area contributed by atoms with E-state index in [0.29, 0.717) is 11.6 Å². The van der Waals surface area contributed by atoms with Crippen LogP contribution >= 0.6 is 0 Å². The van der Waals surface area contributed by atoms with E-state index in [0.717, 1.165) is 43.9 Å². The Morgan fingerprint density at radius 2 is 2.14 bits per heavy atom. The van der Waals surface area contributed by atoms with Gasteiger partial charge in [0.05, 0.1) is 6.54 Å². The Bertz CT molecular complexity index is 667. The molecule has 1 saturated heterocycles. The summed E-state index contributed by atoms with van der Waals surface area (Å²) in [5.41, 5.74) is 0.973. The molecule has 1 aliphatic rings. The number of ether oxygens (including phenoxy) is 1. The molecule has 0 radical (unpaired) electrons. The lowest BCUT2D eigenvalue weighted by Crippen LogP contribution is -2.37. The number of nitriles is 1. The highest BCUT2D eigenvalue weighted by molar-refractivity contribution is 5.19. The van der Waals surface area contributed by atoms with E-state index in [9.17, 15) is 0 Å². The molecule has 0 N–H and O–H groups in total. The molecule has 0 spiro atoms. The lowest BCUT2D eigenvalue weighted by Gasteiger charge is -2.31. The van der Waals surface area contributed by atoms with Crippen LogP contribution in [0.3, 0.4) is 0 Å². The maximum atomic E-state index is 8.77. The molecule has 1 fully saturated rings. The Hall–Kier alpha value is -2.32. The van der Waals surface area contributed by atoms with E-state index in [2.05, 4.69) is 9.88 Å². The molecule has 3 heterocycles. The van der Waals surface area contributed by atoms with Crippen LogP contribution in [0.4, 0.5) is 0 Å². The van der Waals surface area contributed by atoms with Crippen molar-refractivity contribution in [1.82, 2.24) is 9.88 Å². The number of aromatic nitrogens is 1. The van der Waals surface area contributed by atoms with E-state index in [4.69, 9.17) is 14.4 Å². The molecule has 2 aromatic heterocycles. The first kappa shape index (κ1) is 14.6. The molecule has 0 unspecified atom stereocenters. The summed E-state index contributed by atoms with van der Waals surface area (Å²) in [6.07, 6.45) is 2.17.